The molecule has 0 aliphatic heterocycles. The van der Waals surface area contributed by atoms with Crippen LogP contribution >= 0.6 is 0 Å². The molecule has 1 aromatic carbocycles. The monoisotopic (exact) mass is 391 g/mol. The van der Waals surface area contributed by atoms with Crippen molar-refractivity contribution >= 4 is 17.0 Å². The molecule has 1 amide bonds. The van der Waals surface area contributed by atoms with E-state index in [4.69, 9.17) is 4.52 Å². The zero-order valence-electron chi connectivity index (χ0n) is 16.0. The summed E-state index contributed by atoms with van der Waals surface area (Å²) >= 11 is 0. The minimum Gasteiger partial charge on any atom is -0.337 e. The van der Waals surface area contributed by atoms with Crippen LogP contribution in [0.25, 0.3) is 11.1 Å². The van der Waals surface area contributed by atoms with Gasteiger partial charge in [-0.15, -0.1) is 0 Å². The average molecular weight is 391 g/mol. The Kier molecular flexibility index (Phi) is 5.14. The number of nitrogens with zero attached hydrogens (tertiary/aromatic N) is 3. The largest absolute Gasteiger partial charge is 0.416 e. The Morgan fingerprint density at radius 1 is 1.25 bits per heavy atom. The van der Waals surface area contributed by atoms with E-state index >= 15 is 0 Å². The summed E-state index contributed by atoms with van der Waals surface area (Å²) in [6, 6.07) is 6.65. The SMILES string of the molecule is Cc1noc2nc(C(C)C)cc(C(=O)N(C)Cc3cccc(C(F)(F)F)c3)c12. The van der Waals surface area contributed by atoms with Crippen LogP contribution in [-0.2, 0) is 12.7 Å². The number of hydrogen-bond donors (Lipinski definition) is 0. The molecule has 8 heteroatoms. The lowest BCUT2D eigenvalue weighted by Gasteiger charge is -2.19. The maximum absolute atomic E-state index is 13.1. The molecule has 2 aromatic heterocycles. The first kappa shape index (κ1) is 19.9. The van der Waals surface area contributed by atoms with Gasteiger partial charge in [0, 0.05) is 19.3 Å². The van der Waals surface area contributed by atoms with Crippen LogP contribution in [0.4, 0.5) is 13.2 Å². The summed E-state index contributed by atoms with van der Waals surface area (Å²) in [7, 11) is 1.55. The number of rotatable bonds is 4. The standard InChI is InChI=1S/C20H20F3N3O2/c1-11(2)16-9-15(17-12(3)25-28-18(17)24-16)19(27)26(4)10-13-6-5-7-14(8-13)20(21,22)23/h5-9,11H,10H2,1-4H3. The third-order valence-corrected chi connectivity index (χ3v) is 4.48. The van der Waals surface area contributed by atoms with Crippen molar-refractivity contribution in [3.8, 4) is 0 Å². The van der Waals surface area contributed by atoms with E-state index in [0.717, 1.165) is 12.1 Å². The van der Waals surface area contributed by atoms with Crippen LogP contribution in [0.3, 0.4) is 0 Å². The quantitative estimate of drug-likeness (QED) is 0.632. The van der Waals surface area contributed by atoms with Gasteiger partial charge in [-0.05, 0) is 36.6 Å². The van der Waals surface area contributed by atoms with E-state index in [-0.39, 0.29) is 24.1 Å². The smallest absolute Gasteiger partial charge is 0.337 e. The van der Waals surface area contributed by atoms with Crippen LogP contribution in [0.2, 0.25) is 0 Å². The van der Waals surface area contributed by atoms with Gasteiger partial charge < -0.3 is 9.42 Å². The van der Waals surface area contributed by atoms with E-state index in [1.165, 1.54) is 11.0 Å². The molecule has 0 spiro atoms. The highest BCUT2D eigenvalue weighted by Gasteiger charge is 2.30. The molecule has 3 rings (SSSR count). The van der Waals surface area contributed by atoms with E-state index in [9.17, 15) is 18.0 Å². The Hall–Kier alpha value is -2.90. The number of carbonyl (C=O) groups excluding carboxylic acids is 1. The molecule has 0 radical (unpaired) electrons. The predicted molar refractivity (Wildman–Crippen MR) is 97.9 cm³/mol. The highest BCUT2D eigenvalue weighted by atomic mass is 19.4. The first-order chi connectivity index (χ1) is 13.1. The summed E-state index contributed by atoms with van der Waals surface area (Å²) in [5, 5.41) is 4.41. The van der Waals surface area contributed by atoms with E-state index in [1.54, 1.807) is 26.1 Å². The summed E-state index contributed by atoms with van der Waals surface area (Å²) < 4.78 is 44.0. The molecule has 0 atom stereocenters. The molecule has 28 heavy (non-hydrogen) atoms. The Morgan fingerprint density at radius 2 is 1.96 bits per heavy atom. The molecule has 5 nitrogen and oxygen atoms in total. The van der Waals surface area contributed by atoms with Crippen LogP contribution in [0.15, 0.2) is 34.9 Å². The van der Waals surface area contributed by atoms with Crippen molar-refractivity contribution in [3.63, 3.8) is 0 Å². The van der Waals surface area contributed by atoms with Gasteiger partial charge in [0.05, 0.1) is 22.2 Å². The Balaban J connectivity index is 1.95. The maximum atomic E-state index is 13.1. The van der Waals surface area contributed by atoms with Crippen LogP contribution in [0.5, 0.6) is 0 Å². The molecule has 0 saturated carbocycles. The van der Waals surface area contributed by atoms with Crippen molar-refractivity contribution in [2.24, 2.45) is 0 Å². The Morgan fingerprint density at radius 3 is 2.61 bits per heavy atom. The molecule has 2 heterocycles. The van der Waals surface area contributed by atoms with Gasteiger partial charge in [-0.3, -0.25) is 4.79 Å². The van der Waals surface area contributed by atoms with E-state index in [0.29, 0.717) is 27.9 Å². The molecule has 0 fully saturated rings. The third kappa shape index (κ3) is 3.85. The average Bonchev–Trinajstić information content (AvgIpc) is 3.01. The number of aromatic nitrogens is 2. The van der Waals surface area contributed by atoms with Crippen LogP contribution in [0, 0.1) is 6.92 Å². The maximum Gasteiger partial charge on any atom is 0.416 e. The number of amides is 1. The van der Waals surface area contributed by atoms with Crippen molar-refractivity contribution in [3.05, 3.63) is 58.4 Å². The molecule has 3 aromatic rings. The second-order valence-electron chi connectivity index (χ2n) is 7.06. The van der Waals surface area contributed by atoms with Gasteiger partial charge >= 0.3 is 6.18 Å². The lowest BCUT2D eigenvalue weighted by atomic mass is 10.0. The molecule has 0 aliphatic rings. The minimum absolute atomic E-state index is 0.0356. The number of fused-ring (bicyclic) bond motifs is 1. The fourth-order valence-electron chi connectivity index (χ4n) is 2.98. The van der Waals surface area contributed by atoms with Gasteiger partial charge in [-0.2, -0.15) is 13.2 Å². The number of pyridine rings is 1. The third-order valence-electron chi connectivity index (χ3n) is 4.48. The number of alkyl halides is 3. The van der Waals surface area contributed by atoms with Crippen LogP contribution in [-0.4, -0.2) is 28.0 Å². The summed E-state index contributed by atoms with van der Waals surface area (Å²) in [4.78, 5) is 18.8. The second kappa shape index (κ2) is 7.26. The van der Waals surface area contributed by atoms with E-state index < -0.39 is 11.7 Å². The first-order valence-electron chi connectivity index (χ1n) is 8.76. The van der Waals surface area contributed by atoms with Crippen molar-refractivity contribution in [2.75, 3.05) is 7.05 Å². The van der Waals surface area contributed by atoms with Crippen molar-refractivity contribution in [1.82, 2.24) is 15.0 Å². The second-order valence-corrected chi connectivity index (χ2v) is 7.06. The molecule has 0 aliphatic carbocycles. The van der Waals surface area contributed by atoms with Gasteiger partial charge in [0.25, 0.3) is 11.6 Å². The fraction of sp³-hybridized carbons (Fsp3) is 0.350. The van der Waals surface area contributed by atoms with Gasteiger partial charge in [-0.25, -0.2) is 4.98 Å². The molecule has 0 bridgehead atoms. The molecule has 0 unspecified atom stereocenters. The number of carbonyl (C=O) groups is 1. The number of benzene rings is 1. The lowest BCUT2D eigenvalue weighted by Crippen LogP contribution is -2.27. The zero-order chi connectivity index (χ0) is 20.6. The number of halogens is 3. The van der Waals surface area contributed by atoms with Crippen LogP contribution < -0.4 is 0 Å². The van der Waals surface area contributed by atoms with E-state index in [2.05, 4.69) is 10.1 Å². The topological polar surface area (TPSA) is 59.2 Å². The van der Waals surface area contributed by atoms with Crippen molar-refractivity contribution in [1.29, 1.82) is 0 Å². The summed E-state index contributed by atoms with van der Waals surface area (Å²) in [5.74, 6) is -0.270. The van der Waals surface area contributed by atoms with Crippen molar-refractivity contribution < 1.29 is 22.5 Å². The highest BCUT2D eigenvalue weighted by Crippen LogP contribution is 2.30. The normalized spacial score (nSPS) is 12.0. The Labute approximate surface area is 160 Å². The molecular formula is C20H20F3N3O2. The Bertz CT molecular complexity index is 1030. The first-order valence-corrected chi connectivity index (χ1v) is 8.76. The highest BCUT2D eigenvalue weighted by molar-refractivity contribution is 6.05. The summed E-state index contributed by atoms with van der Waals surface area (Å²) in [6.07, 6.45) is -4.43. The summed E-state index contributed by atoms with van der Waals surface area (Å²) in [5.41, 5.74) is 1.52. The minimum atomic E-state index is -4.43. The van der Waals surface area contributed by atoms with Crippen LogP contribution in [0.1, 0.15) is 52.6 Å². The molecule has 0 saturated heterocycles. The van der Waals surface area contributed by atoms with Gasteiger partial charge in [0.2, 0.25) is 0 Å². The number of aryl methyl sites for hydroxylation is 1. The number of hydrogen-bond acceptors (Lipinski definition) is 4. The molecule has 0 N–H and O–H groups in total. The fourth-order valence-corrected chi connectivity index (χ4v) is 2.98. The lowest BCUT2D eigenvalue weighted by molar-refractivity contribution is -0.137. The van der Waals surface area contributed by atoms with E-state index in [1.807, 2.05) is 13.8 Å². The predicted octanol–water partition coefficient (Wildman–Crippen LogP) is 4.95. The zero-order valence-corrected chi connectivity index (χ0v) is 16.0. The van der Waals surface area contributed by atoms with Gasteiger partial charge in [0.1, 0.15) is 0 Å². The summed E-state index contributed by atoms with van der Waals surface area (Å²) in [6.45, 7) is 5.63. The van der Waals surface area contributed by atoms with Gasteiger partial charge in [-0.1, -0.05) is 31.1 Å². The van der Waals surface area contributed by atoms with Crippen molar-refractivity contribution in [2.45, 2.75) is 39.4 Å². The van der Waals surface area contributed by atoms with Gasteiger partial charge in [0.15, 0.2) is 0 Å². The molecular weight excluding hydrogens is 371 g/mol. The molecule has 148 valence electrons.